The Morgan fingerprint density at radius 3 is 1.92 bits per heavy atom. The van der Waals surface area contributed by atoms with E-state index in [0.717, 1.165) is 6.92 Å². The lowest BCUT2D eigenvalue weighted by molar-refractivity contribution is -0.346. The summed E-state index contributed by atoms with van der Waals surface area (Å²) in [5, 5.41) is 10.0. The van der Waals surface area contributed by atoms with E-state index in [1.54, 1.807) is 53.6 Å². The molecule has 2 aliphatic heterocycles. The number of hydrogen-bond donors (Lipinski definition) is 1. The van der Waals surface area contributed by atoms with Gasteiger partial charge in [-0.15, -0.1) is 0 Å². The highest BCUT2D eigenvalue weighted by molar-refractivity contribution is 5.72. The Balaban J connectivity index is 2.81. The van der Waals surface area contributed by atoms with Crippen molar-refractivity contribution in [3.8, 4) is 0 Å². The van der Waals surface area contributed by atoms with Gasteiger partial charge >= 0.3 is 35.8 Å². The van der Waals surface area contributed by atoms with E-state index < -0.39 is 140 Å². The van der Waals surface area contributed by atoms with Crippen molar-refractivity contribution in [1.29, 1.82) is 0 Å². The molecular weight excluding hydrogens is 850 g/mol. The van der Waals surface area contributed by atoms with Crippen molar-refractivity contribution in [3.63, 3.8) is 0 Å². The normalized spacial score (nSPS) is 28.8. The summed E-state index contributed by atoms with van der Waals surface area (Å²) in [6, 6.07) is -0.868. The van der Waals surface area contributed by atoms with Gasteiger partial charge in [-0.2, -0.15) is 0 Å². The van der Waals surface area contributed by atoms with Crippen LogP contribution in [0.2, 0.25) is 0 Å². The number of ether oxygens (including phenoxy) is 12. The van der Waals surface area contributed by atoms with E-state index in [1.165, 1.54) is 42.1 Å². The van der Waals surface area contributed by atoms with E-state index in [4.69, 9.17) is 56.8 Å². The summed E-state index contributed by atoms with van der Waals surface area (Å²) in [5.74, 6) is -6.16. The van der Waals surface area contributed by atoms with Crippen LogP contribution in [-0.2, 0) is 90.4 Å². The standard InChI is InChI=1S/C43H71NO20/c1-15-32(51)60-29(19-31(49)50)39(55-14)38(28(18-34(53-12)54-13)17-22(3)30(21-45)58-25(6)46)63-42-40(59-26(7)47)36(44(10)11)37(23(4)57-42)62-35-20-43(9,64-27(8)48)41(24(5)56-35)61-33(52)16-2/h21-24,28-30,34-42H,15-20H2,1-14H3,(H,49,50)/t22-,23?,24?,28-,29-,30+,35+,36?,37-,38+,39+,40?,41+,42+,43?/m1/s1. The SMILES string of the molecule is CCC(=O)O[C@H](CC(=O)O)[C@H](OC)[C@@H](O[C@@H]1OC(C)[C@@H](O[C@H]2CC(C)(OC(C)=O)[C@@H](OC(=O)CC)C(C)O2)C(N(C)C)C1OC(C)=O)[C@@H](CC(OC)OC)C[C@@H](C)[C@H](C=O)OC(C)=O. The average Bonchev–Trinajstić information content (AvgIpc) is 3.19. The van der Waals surface area contributed by atoms with Gasteiger partial charge in [-0.3, -0.25) is 33.6 Å². The molecule has 64 heavy (non-hydrogen) atoms. The second-order valence-electron chi connectivity index (χ2n) is 16.6. The summed E-state index contributed by atoms with van der Waals surface area (Å²) in [6.45, 7) is 13.4. The number of nitrogens with zero attached hydrogens (tertiary/aromatic N) is 1. The molecule has 2 heterocycles. The molecule has 0 aromatic heterocycles. The monoisotopic (exact) mass is 921 g/mol. The Labute approximate surface area is 375 Å². The minimum absolute atomic E-state index is 0.00521. The topological polar surface area (TPSA) is 254 Å². The van der Waals surface area contributed by atoms with E-state index in [1.807, 2.05) is 0 Å². The first kappa shape index (κ1) is 56.3. The number of methoxy groups -OCH3 is 3. The minimum atomic E-state index is -1.46. The maximum absolute atomic E-state index is 13.0. The van der Waals surface area contributed by atoms with Crippen molar-refractivity contribution in [2.24, 2.45) is 11.8 Å². The Kier molecular flexibility index (Phi) is 23.2. The van der Waals surface area contributed by atoms with Crippen molar-refractivity contribution in [2.45, 2.75) is 186 Å². The first-order valence-electron chi connectivity index (χ1n) is 21.5. The Bertz CT molecular complexity index is 1540. The molecule has 368 valence electrons. The predicted octanol–water partition coefficient (Wildman–Crippen LogP) is 2.74. The molecule has 0 spiro atoms. The highest BCUT2D eigenvalue weighted by Crippen LogP contribution is 2.40. The van der Waals surface area contributed by atoms with E-state index >= 15 is 0 Å². The first-order valence-corrected chi connectivity index (χ1v) is 21.5. The van der Waals surface area contributed by atoms with Crippen molar-refractivity contribution in [1.82, 2.24) is 4.90 Å². The number of esters is 5. The number of carbonyl (C=O) groups excluding carboxylic acids is 6. The fourth-order valence-corrected chi connectivity index (χ4v) is 8.37. The average molecular weight is 922 g/mol. The molecule has 0 radical (unpaired) electrons. The number of likely N-dealkylation sites (N-methyl/N-ethyl adjacent to an activating group) is 1. The molecule has 0 amide bonds. The molecular formula is C43H71NO20. The van der Waals surface area contributed by atoms with Crippen molar-refractivity contribution < 1.29 is 95.5 Å². The van der Waals surface area contributed by atoms with Gasteiger partial charge in [0.1, 0.15) is 18.3 Å². The molecule has 15 atom stereocenters. The zero-order valence-electron chi connectivity index (χ0n) is 39.6. The van der Waals surface area contributed by atoms with Gasteiger partial charge < -0.3 is 66.8 Å². The molecule has 21 heteroatoms. The summed E-state index contributed by atoms with van der Waals surface area (Å²) < 4.78 is 71.9. The largest absolute Gasteiger partial charge is 0.481 e. The maximum Gasteiger partial charge on any atom is 0.307 e. The molecule has 0 aromatic rings. The zero-order valence-corrected chi connectivity index (χ0v) is 39.6. The Hall–Kier alpha value is -3.83. The van der Waals surface area contributed by atoms with E-state index in [0.29, 0.717) is 6.29 Å². The molecule has 0 aromatic carbocycles. The molecule has 1 N–H and O–H groups in total. The van der Waals surface area contributed by atoms with E-state index in [9.17, 15) is 38.7 Å². The van der Waals surface area contributed by atoms with Crippen LogP contribution in [0.1, 0.15) is 101 Å². The lowest BCUT2D eigenvalue weighted by Gasteiger charge is -2.51. The maximum atomic E-state index is 13.0. The number of aliphatic carboxylic acids is 1. The minimum Gasteiger partial charge on any atom is -0.481 e. The van der Waals surface area contributed by atoms with Crippen LogP contribution >= 0.6 is 0 Å². The molecule has 5 unspecified atom stereocenters. The predicted molar refractivity (Wildman–Crippen MR) is 221 cm³/mol. The van der Waals surface area contributed by atoms with Crippen molar-refractivity contribution >= 4 is 42.1 Å². The zero-order chi connectivity index (χ0) is 48.6. The van der Waals surface area contributed by atoms with Crippen LogP contribution in [0.4, 0.5) is 0 Å². The third-order valence-electron chi connectivity index (χ3n) is 11.2. The van der Waals surface area contributed by atoms with E-state index in [-0.39, 0.29) is 32.1 Å². The second kappa shape index (κ2) is 26.3. The highest BCUT2D eigenvalue weighted by Gasteiger charge is 2.55. The van der Waals surface area contributed by atoms with Gasteiger partial charge in [0, 0.05) is 73.7 Å². The van der Waals surface area contributed by atoms with Gasteiger partial charge in [0.05, 0.1) is 30.8 Å². The number of carboxylic acid groups (broad SMARTS) is 1. The third kappa shape index (κ3) is 16.2. The molecule has 0 aliphatic carbocycles. The lowest BCUT2D eigenvalue weighted by Crippen LogP contribution is -2.67. The molecule has 2 rings (SSSR count). The summed E-state index contributed by atoms with van der Waals surface area (Å²) in [7, 11) is 7.49. The van der Waals surface area contributed by atoms with Crippen LogP contribution in [0.25, 0.3) is 0 Å². The lowest BCUT2D eigenvalue weighted by atomic mass is 9.82. The van der Waals surface area contributed by atoms with Crippen molar-refractivity contribution in [2.75, 3.05) is 35.4 Å². The van der Waals surface area contributed by atoms with Crippen LogP contribution in [-0.4, -0.2) is 173 Å². The smallest absolute Gasteiger partial charge is 0.307 e. The van der Waals surface area contributed by atoms with E-state index in [2.05, 4.69) is 0 Å². The summed E-state index contributed by atoms with van der Waals surface area (Å²) in [4.78, 5) is 88.9. The first-order chi connectivity index (χ1) is 30.0. The summed E-state index contributed by atoms with van der Waals surface area (Å²) in [5.41, 5.74) is -1.38. The van der Waals surface area contributed by atoms with Gasteiger partial charge in [-0.05, 0) is 47.2 Å². The number of carbonyl (C=O) groups is 7. The molecule has 2 fully saturated rings. The summed E-state index contributed by atoms with van der Waals surface area (Å²) in [6.07, 6.45) is -14.0. The third-order valence-corrected chi connectivity index (χ3v) is 11.2. The molecule has 21 nitrogen and oxygen atoms in total. The number of carboxylic acids is 1. The Morgan fingerprint density at radius 2 is 1.44 bits per heavy atom. The number of aldehydes is 1. The molecule has 2 aliphatic rings. The summed E-state index contributed by atoms with van der Waals surface area (Å²) >= 11 is 0. The van der Waals surface area contributed by atoms with Crippen LogP contribution in [0, 0.1) is 11.8 Å². The van der Waals surface area contributed by atoms with Crippen LogP contribution in [0.15, 0.2) is 0 Å². The van der Waals surface area contributed by atoms with Crippen molar-refractivity contribution in [3.05, 3.63) is 0 Å². The molecule has 2 saturated heterocycles. The van der Waals surface area contributed by atoms with Crippen LogP contribution in [0.5, 0.6) is 0 Å². The highest BCUT2D eigenvalue weighted by atomic mass is 16.7. The fraction of sp³-hybridized carbons (Fsp3) is 0.837. The quantitative estimate of drug-likeness (QED) is 0.0566. The molecule has 0 bridgehead atoms. The second-order valence-corrected chi connectivity index (χ2v) is 16.6. The number of hydrogen-bond acceptors (Lipinski definition) is 20. The van der Waals surface area contributed by atoms with Gasteiger partial charge in [0.25, 0.3) is 0 Å². The number of rotatable bonds is 26. The van der Waals surface area contributed by atoms with Gasteiger partial charge in [-0.1, -0.05) is 20.8 Å². The van der Waals surface area contributed by atoms with Crippen LogP contribution < -0.4 is 0 Å². The van der Waals surface area contributed by atoms with Gasteiger partial charge in [0.15, 0.2) is 49.1 Å². The van der Waals surface area contributed by atoms with Gasteiger partial charge in [-0.25, -0.2) is 0 Å². The Morgan fingerprint density at radius 1 is 0.812 bits per heavy atom. The van der Waals surface area contributed by atoms with Gasteiger partial charge in [0.2, 0.25) is 0 Å². The molecule has 0 saturated carbocycles. The van der Waals surface area contributed by atoms with Crippen LogP contribution in [0.3, 0.4) is 0 Å². The fourth-order valence-electron chi connectivity index (χ4n) is 8.37.